The van der Waals surface area contributed by atoms with Crippen molar-refractivity contribution in [3.63, 3.8) is 0 Å². The van der Waals surface area contributed by atoms with Crippen LogP contribution in [0.1, 0.15) is 32.3 Å². The number of hydrogen-bond donors (Lipinski definition) is 2. The Labute approximate surface area is 178 Å². The molecule has 0 radical (unpaired) electrons. The van der Waals surface area contributed by atoms with Crippen molar-refractivity contribution in [2.24, 2.45) is 17.3 Å². The minimum Gasteiger partial charge on any atom is -0.396 e. The van der Waals surface area contributed by atoms with Crippen LogP contribution in [0.5, 0.6) is 0 Å². The summed E-state index contributed by atoms with van der Waals surface area (Å²) >= 11 is 0. The molecule has 30 heavy (non-hydrogen) atoms. The molecule has 0 aliphatic carbocycles. The number of carbonyl (C=O) groups excluding carboxylic acids is 1. The lowest BCUT2D eigenvalue weighted by molar-refractivity contribution is -0.131. The van der Waals surface area contributed by atoms with E-state index in [0.29, 0.717) is 13.2 Å². The van der Waals surface area contributed by atoms with Crippen molar-refractivity contribution in [2.75, 3.05) is 37.8 Å². The van der Waals surface area contributed by atoms with Gasteiger partial charge in [-0.2, -0.15) is 0 Å². The van der Waals surface area contributed by atoms with Gasteiger partial charge in [-0.1, -0.05) is 32.0 Å². The minimum atomic E-state index is -0.170. The van der Waals surface area contributed by atoms with E-state index in [9.17, 15) is 9.90 Å². The first kappa shape index (κ1) is 21.1. The summed E-state index contributed by atoms with van der Waals surface area (Å²) in [6.45, 7) is 9.24. The molecule has 1 aromatic heterocycles. The molecule has 162 valence electrons. The Hall–Kier alpha value is -2.18. The third kappa shape index (κ3) is 4.30. The van der Waals surface area contributed by atoms with Crippen LogP contribution in [-0.2, 0) is 9.53 Å². The molecule has 0 spiro atoms. The number of benzene rings is 1. The smallest absolute Gasteiger partial charge is 0.224 e. The van der Waals surface area contributed by atoms with Gasteiger partial charge in [0.15, 0.2) is 0 Å². The summed E-state index contributed by atoms with van der Waals surface area (Å²) < 4.78 is 5.55. The van der Waals surface area contributed by atoms with Crippen LogP contribution in [0.15, 0.2) is 30.3 Å². The number of aryl methyl sites for hydroxylation is 1. The first-order valence-corrected chi connectivity index (χ1v) is 11.0. The number of nitrogens with one attached hydrogen (secondary N) is 1. The molecule has 3 atom stereocenters. The fraction of sp³-hybridized carbons (Fsp3) is 0.583. The number of pyridine rings is 1. The lowest BCUT2D eigenvalue weighted by Gasteiger charge is -2.44. The van der Waals surface area contributed by atoms with E-state index in [1.165, 1.54) is 5.56 Å². The van der Waals surface area contributed by atoms with Crippen molar-refractivity contribution in [3.8, 4) is 0 Å². The second-order valence-electron chi connectivity index (χ2n) is 9.59. The summed E-state index contributed by atoms with van der Waals surface area (Å²) in [6.07, 6.45) is 1.57. The molecule has 0 bridgehead atoms. The lowest BCUT2D eigenvalue weighted by Crippen LogP contribution is -2.54. The molecule has 6 nitrogen and oxygen atoms in total. The van der Waals surface area contributed by atoms with Gasteiger partial charge in [0.25, 0.3) is 0 Å². The van der Waals surface area contributed by atoms with Crippen molar-refractivity contribution in [3.05, 3.63) is 35.9 Å². The molecule has 2 N–H and O–H groups in total. The molecule has 6 heteroatoms. The zero-order valence-corrected chi connectivity index (χ0v) is 18.2. The monoisotopic (exact) mass is 411 g/mol. The summed E-state index contributed by atoms with van der Waals surface area (Å²) in [5.74, 6) is 1.15. The van der Waals surface area contributed by atoms with Gasteiger partial charge < -0.3 is 20.1 Å². The molecule has 2 aromatic rings. The van der Waals surface area contributed by atoms with E-state index in [0.717, 1.165) is 42.7 Å². The predicted octanol–water partition coefficient (Wildman–Crippen LogP) is 2.91. The number of para-hydroxylation sites is 1. The van der Waals surface area contributed by atoms with E-state index in [2.05, 4.69) is 61.3 Å². The minimum absolute atomic E-state index is 0.0117. The van der Waals surface area contributed by atoms with Crippen LogP contribution in [0.4, 0.5) is 5.82 Å². The normalized spacial score (nSPS) is 26.5. The van der Waals surface area contributed by atoms with Crippen LogP contribution in [0.3, 0.4) is 0 Å². The first-order chi connectivity index (χ1) is 14.4. The second kappa shape index (κ2) is 8.52. The average Bonchev–Trinajstić information content (AvgIpc) is 2.73. The maximum Gasteiger partial charge on any atom is 0.224 e. The largest absolute Gasteiger partial charge is 0.396 e. The van der Waals surface area contributed by atoms with Crippen molar-refractivity contribution >= 4 is 22.6 Å². The molecule has 2 fully saturated rings. The second-order valence-corrected chi connectivity index (χ2v) is 9.59. The first-order valence-electron chi connectivity index (χ1n) is 11.0. The number of rotatable bonds is 4. The number of nitrogens with zero attached hydrogens (tertiary/aromatic N) is 2. The Morgan fingerprint density at radius 2 is 2.13 bits per heavy atom. The van der Waals surface area contributed by atoms with Crippen LogP contribution in [-0.4, -0.2) is 54.9 Å². The predicted molar refractivity (Wildman–Crippen MR) is 119 cm³/mol. The highest BCUT2D eigenvalue weighted by Gasteiger charge is 2.41. The molecular weight excluding hydrogens is 378 g/mol. The van der Waals surface area contributed by atoms with Gasteiger partial charge in [0.2, 0.25) is 5.91 Å². The number of hydrogen-bond acceptors (Lipinski definition) is 5. The van der Waals surface area contributed by atoms with Crippen LogP contribution < -0.4 is 10.2 Å². The summed E-state index contributed by atoms with van der Waals surface area (Å²) in [4.78, 5) is 20.3. The zero-order chi connectivity index (χ0) is 21.3. The lowest BCUT2D eigenvalue weighted by atomic mass is 9.73. The van der Waals surface area contributed by atoms with Gasteiger partial charge in [0.05, 0.1) is 24.8 Å². The van der Waals surface area contributed by atoms with E-state index in [1.54, 1.807) is 0 Å². The maximum atomic E-state index is 13.1. The Kier molecular flexibility index (Phi) is 5.98. The van der Waals surface area contributed by atoms with Crippen molar-refractivity contribution < 1.29 is 14.6 Å². The highest BCUT2D eigenvalue weighted by atomic mass is 16.5. The van der Waals surface area contributed by atoms with Crippen LogP contribution in [0.2, 0.25) is 0 Å². The summed E-state index contributed by atoms with van der Waals surface area (Å²) in [6, 6.07) is 10.5. The molecule has 2 aliphatic heterocycles. The summed E-state index contributed by atoms with van der Waals surface area (Å²) in [5, 5.41) is 13.7. The number of aliphatic hydroxyl groups is 1. The Balaban J connectivity index is 1.44. The highest BCUT2D eigenvalue weighted by molar-refractivity contribution is 5.83. The van der Waals surface area contributed by atoms with Gasteiger partial charge in [-0.3, -0.25) is 4.79 Å². The topological polar surface area (TPSA) is 74.7 Å². The number of aromatic nitrogens is 1. The molecule has 3 heterocycles. The molecule has 1 amide bonds. The number of anilines is 1. The molecule has 4 rings (SSSR count). The number of fused-ring (bicyclic) bond motifs is 1. The fourth-order valence-electron chi connectivity index (χ4n) is 4.94. The Morgan fingerprint density at radius 1 is 1.30 bits per heavy atom. The van der Waals surface area contributed by atoms with E-state index >= 15 is 0 Å². The Bertz CT molecular complexity index is 914. The molecular formula is C24H33N3O3. The molecule has 0 saturated carbocycles. The summed E-state index contributed by atoms with van der Waals surface area (Å²) in [7, 11) is 0. The van der Waals surface area contributed by atoms with Gasteiger partial charge in [0, 0.05) is 36.9 Å². The SMILES string of the molecule is Cc1cccc2ccc(N3CC[C@H](C(=O)NC4COCC(CO)C4)C(C)(C)C3)nc12. The highest BCUT2D eigenvalue weighted by Crippen LogP contribution is 2.37. The molecule has 2 unspecified atom stereocenters. The number of ether oxygens (including phenoxy) is 1. The fourth-order valence-corrected chi connectivity index (χ4v) is 4.94. The number of piperidine rings is 1. The van der Waals surface area contributed by atoms with Crippen LogP contribution >= 0.6 is 0 Å². The van der Waals surface area contributed by atoms with Gasteiger partial charge in [-0.15, -0.1) is 0 Å². The molecule has 2 aliphatic rings. The van der Waals surface area contributed by atoms with Crippen molar-refractivity contribution in [2.45, 2.75) is 39.7 Å². The number of amides is 1. The summed E-state index contributed by atoms with van der Waals surface area (Å²) in [5.41, 5.74) is 2.05. The van der Waals surface area contributed by atoms with Gasteiger partial charge in [0.1, 0.15) is 5.82 Å². The average molecular weight is 412 g/mol. The number of carbonyl (C=O) groups is 1. The zero-order valence-electron chi connectivity index (χ0n) is 18.2. The Morgan fingerprint density at radius 3 is 2.90 bits per heavy atom. The van der Waals surface area contributed by atoms with Gasteiger partial charge in [-0.25, -0.2) is 4.98 Å². The third-order valence-corrected chi connectivity index (χ3v) is 6.67. The van der Waals surface area contributed by atoms with E-state index in [4.69, 9.17) is 9.72 Å². The molecule has 1 aromatic carbocycles. The number of aliphatic hydroxyl groups excluding tert-OH is 1. The van der Waals surface area contributed by atoms with E-state index in [1.807, 2.05) is 0 Å². The van der Waals surface area contributed by atoms with E-state index in [-0.39, 0.29) is 35.8 Å². The van der Waals surface area contributed by atoms with Crippen molar-refractivity contribution in [1.29, 1.82) is 0 Å². The third-order valence-electron chi connectivity index (χ3n) is 6.67. The van der Waals surface area contributed by atoms with Crippen LogP contribution in [0, 0.1) is 24.2 Å². The van der Waals surface area contributed by atoms with Gasteiger partial charge in [-0.05, 0) is 42.9 Å². The van der Waals surface area contributed by atoms with Crippen molar-refractivity contribution in [1.82, 2.24) is 10.3 Å². The molecule has 2 saturated heterocycles. The van der Waals surface area contributed by atoms with Crippen LogP contribution in [0.25, 0.3) is 10.9 Å². The van der Waals surface area contributed by atoms with Gasteiger partial charge >= 0.3 is 0 Å². The maximum absolute atomic E-state index is 13.1. The standard InChI is InChI=1S/C24H33N3O3/c1-16-5-4-6-18-7-8-21(26-22(16)18)27-10-9-20(24(2,3)15-27)23(29)25-19-11-17(12-28)13-30-14-19/h4-8,17,19-20,28H,9-15H2,1-3H3,(H,25,29)/t17?,19?,20-/m1/s1. The quantitative estimate of drug-likeness (QED) is 0.809. The van der Waals surface area contributed by atoms with E-state index < -0.39 is 0 Å².